The van der Waals surface area contributed by atoms with Crippen molar-refractivity contribution in [2.45, 2.75) is 19.8 Å². The molecule has 0 atom stereocenters. The van der Waals surface area contributed by atoms with Crippen molar-refractivity contribution in [2.24, 2.45) is 0 Å². The van der Waals surface area contributed by atoms with Gasteiger partial charge in [0, 0.05) is 18.3 Å². The lowest BCUT2D eigenvalue weighted by molar-refractivity contribution is -0.126. The molecule has 0 saturated heterocycles. The minimum atomic E-state index is -0.370. The van der Waals surface area contributed by atoms with Gasteiger partial charge in [-0.3, -0.25) is 9.59 Å². The van der Waals surface area contributed by atoms with Crippen LogP contribution >= 0.6 is 0 Å². The zero-order chi connectivity index (χ0) is 15.0. The number of methoxy groups -OCH3 is 2. The van der Waals surface area contributed by atoms with E-state index in [0.29, 0.717) is 23.7 Å². The van der Waals surface area contributed by atoms with Crippen molar-refractivity contribution in [3.05, 3.63) is 18.2 Å². The lowest BCUT2D eigenvalue weighted by atomic mass is 10.2. The van der Waals surface area contributed by atoms with Crippen molar-refractivity contribution in [3.8, 4) is 11.5 Å². The summed E-state index contributed by atoms with van der Waals surface area (Å²) in [5.74, 6) is 0.433. The van der Waals surface area contributed by atoms with Crippen molar-refractivity contribution in [2.75, 3.05) is 26.1 Å². The van der Waals surface area contributed by atoms with Gasteiger partial charge < -0.3 is 20.1 Å². The van der Waals surface area contributed by atoms with Gasteiger partial charge in [-0.25, -0.2) is 0 Å². The molecule has 0 saturated carbocycles. The zero-order valence-electron chi connectivity index (χ0n) is 12.0. The molecule has 2 N–H and O–H groups in total. The summed E-state index contributed by atoms with van der Waals surface area (Å²) in [5.41, 5.74) is 0.552. The van der Waals surface area contributed by atoms with E-state index in [4.69, 9.17) is 9.47 Å². The van der Waals surface area contributed by atoms with Crippen molar-refractivity contribution in [1.29, 1.82) is 0 Å². The van der Waals surface area contributed by atoms with Crippen LogP contribution in [0.1, 0.15) is 19.8 Å². The van der Waals surface area contributed by atoms with E-state index in [2.05, 4.69) is 10.6 Å². The first-order valence-electron chi connectivity index (χ1n) is 6.39. The Hall–Kier alpha value is -2.24. The normalized spacial score (nSPS) is 9.75. The Morgan fingerprint density at radius 2 is 1.80 bits per heavy atom. The molecule has 2 amide bonds. The predicted molar refractivity (Wildman–Crippen MR) is 76.1 cm³/mol. The van der Waals surface area contributed by atoms with E-state index in [0.717, 1.165) is 6.42 Å². The molecule has 6 nitrogen and oxygen atoms in total. The Labute approximate surface area is 118 Å². The van der Waals surface area contributed by atoms with Gasteiger partial charge in [-0.1, -0.05) is 6.92 Å². The molecule has 0 heterocycles. The van der Waals surface area contributed by atoms with Crippen molar-refractivity contribution < 1.29 is 19.1 Å². The van der Waals surface area contributed by atoms with Crippen molar-refractivity contribution >= 4 is 17.5 Å². The van der Waals surface area contributed by atoms with Gasteiger partial charge in [0.05, 0.1) is 14.2 Å². The summed E-state index contributed by atoms with van der Waals surface area (Å²) in [4.78, 5) is 23.1. The number of hydrogen-bond acceptors (Lipinski definition) is 4. The second-order valence-corrected chi connectivity index (χ2v) is 4.14. The van der Waals surface area contributed by atoms with E-state index in [-0.39, 0.29) is 18.2 Å². The van der Waals surface area contributed by atoms with E-state index in [1.54, 1.807) is 18.2 Å². The third kappa shape index (κ3) is 4.79. The number of rotatable bonds is 7. The highest BCUT2D eigenvalue weighted by atomic mass is 16.5. The van der Waals surface area contributed by atoms with Crippen LogP contribution in [0.15, 0.2) is 18.2 Å². The molecule has 20 heavy (non-hydrogen) atoms. The maximum atomic E-state index is 11.7. The van der Waals surface area contributed by atoms with Crippen LogP contribution in [0, 0.1) is 0 Å². The maximum absolute atomic E-state index is 11.7. The largest absolute Gasteiger partial charge is 0.493 e. The summed E-state index contributed by atoms with van der Waals surface area (Å²) in [6.07, 6.45) is 0.636. The summed E-state index contributed by atoms with van der Waals surface area (Å²) >= 11 is 0. The van der Waals surface area contributed by atoms with Gasteiger partial charge in [0.2, 0.25) is 11.8 Å². The minimum absolute atomic E-state index is 0.200. The number of anilines is 1. The van der Waals surface area contributed by atoms with E-state index >= 15 is 0 Å². The smallest absolute Gasteiger partial charge is 0.233 e. The van der Waals surface area contributed by atoms with Crippen LogP contribution in [0.4, 0.5) is 5.69 Å². The summed E-state index contributed by atoms with van der Waals surface area (Å²) in [7, 11) is 3.05. The number of benzene rings is 1. The second-order valence-electron chi connectivity index (χ2n) is 4.14. The summed E-state index contributed by atoms with van der Waals surface area (Å²) in [6, 6.07) is 5.01. The fraction of sp³-hybridized carbons (Fsp3) is 0.429. The number of ether oxygens (including phenoxy) is 2. The van der Waals surface area contributed by atoms with Crippen molar-refractivity contribution in [1.82, 2.24) is 5.32 Å². The van der Waals surface area contributed by atoms with Crippen LogP contribution < -0.4 is 20.1 Å². The molecule has 0 aliphatic carbocycles. The van der Waals surface area contributed by atoms with E-state index < -0.39 is 0 Å². The topological polar surface area (TPSA) is 76.7 Å². The number of nitrogens with one attached hydrogen (secondary N) is 2. The Bertz CT molecular complexity index is 474. The second kappa shape index (κ2) is 8.04. The molecule has 1 aromatic carbocycles. The lowest BCUT2D eigenvalue weighted by Gasteiger charge is -2.10. The quantitative estimate of drug-likeness (QED) is 0.743. The summed E-state index contributed by atoms with van der Waals surface area (Å²) in [5, 5.41) is 5.29. The SMILES string of the molecule is CCCNC(=O)CC(=O)Nc1ccc(OC)c(OC)c1. The number of carbonyl (C=O) groups is 2. The summed E-state index contributed by atoms with van der Waals surface area (Å²) < 4.78 is 10.2. The van der Waals surface area contributed by atoms with Gasteiger partial charge in [-0.2, -0.15) is 0 Å². The Kier molecular flexibility index (Phi) is 6.36. The molecule has 1 rings (SSSR count). The fourth-order valence-electron chi connectivity index (χ4n) is 1.59. The highest BCUT2D eigenvalue weighted by Gasteiger charge is 2.10. The molecule has 110 valence electrons. The monoisotopic (exact) mass is 280 g/mol. The third-order valence-corrected chi connectivity index (χ3v) is 2.56. The van der Waals surface area contributed by atoms with E-state index in [1.165, 1.54) is 14.2 Å². The number of carbonyl (C=O) groups excluding carboxylic acids is 2. The molecule has 0 aliphatic rings. The van der Waals surface area contributed by atoms with Crippen LogP contribution in [0.3, 0.4) is 0 Å². The lowest BCUT2D eigenvalue weighted by Crippen LogP contribution is -2.28. The Morgan fingerprint density at radius 1 is 1.10 bits per heavy atom. The van der Waals surface area contributed by atoms with Crippen LogP contribution in [0.2, 0.25) is 0 Å². The molecular formula is C14H20N2O4. The fourth-order valence-corrected chi connectivity index (χ4v) is 1.59. The standard InChI is InChI=1S/C14H20N2O4/c1-4-7-15-13(17)9-14(18)16-10-5-6-11(19-2)12(8-10)20-3/h5-6,8H,4,7,9H2,1-3H3,(H,15,17)(H,16,18). The predicted octanol–water partition coefficient (Wildman–Crippen LogP) is 1.56. The van der Waals surface area contributed by atoms with Gasteiger partial charge in [-0.05, 0) is 18.6 Å². The molecule has 0 spiro atoms. The van der Waals surface area contributed by atoms with Crippen LogP contribution in [-0.2, 0) is 9.59 Å². The summed E-state index contributed by atoms with van der Waals surface area (Å²) in [6.45, 7) is 2.52. The van der Waals surface area contributed by atoms with Gasteiger partial charge in [0.1, 0.15) is 6.42 Å². The highest BCUT2D eigenvalue weighted by molar-refractivity contribution is 6.03. The first kappa shape index (κ1) is 15.8. The van der Waals surface area contributed by atoms with E-state index in [1.807, 2.05) is 6.92 Å². The van der Waals surface area contributed by atoms with Crippen LogP contribution in [0.5, 0.6) is 11.5 Å². The number of hydrogen-bond donors (Lipinski definition) is 2. The third-order valence-electron chi connectivity index (χ3n) is 2.56. The molecule has 0 radical (unpaired) electrons. The molecule has 0 fully saturated rings. The molecule has 0 aliphatic heterocycles. The van der Waals surface area contributed by atoms with Gasteiger partial charge in [-0.15, -0.1) is 0 Å². The van der Waals surface area contributed by atoms with Gasteiger partial charge in [0.15, 0.2) is 11.5 Å². The average Bonchev–Trinajstić information content (AvgIpc) is 2.44. The molecule has 0 bridgehead atoms. The van der Waals surface area contributed by atoms with Crippen LogP contribution in [-0.4, -0.2) is 32.6 Å². The molecule has 6 heteroatoms. The molecule has 0 unspecified atom stereocenters. The van der Waals surface area contributed by atoms with E-state index in [9.17, 15) is 9.59 Å². The number of amides is 2. The Balaban J connectivity index is 2.59. The molecule has 1 aromatic rings. The van der Waals surface area contributed by atoms with Crippen LogP contribution in [0.25, 0.3) is 0 Å². The Morgan fingerprint density at radius 3 is 2.40 bits per heavy atom. The molecule has 0 aromatic heterocycles. The first-order chi connectivity index (χ1) is 9.60. The van der Waals surface area contributed by atoms with Gasteiger partial charge in [0.25, 0.3) is 0 Å². The molecular weight excluding hydrogens is 260 g/mol. The maximum Gasteiger partial charge on any atom is 0.233 e. The zero-order valence-corrected chi connectivity index (χ0v) is 12.0. The van der Waals surface area contributed by atoms with Gasteiger partial charge >= 0.3 is 0 Å². The van der Waals surface area contributed by atoms with Crippen molar-refractivity contribution in [3.63, 3.8) is 0 Å². The highest BCUT2D eigenvalue weighted by Crippen LogP contribution is 2.29. The minimum Gasteiger partial charge on any atom is -0.493 e. The average molecular weight is 280 g/mol. The first-order valence-corrected chi connectivity index (χ1v) is 6.39.